The van der Waals surface area contributed by atoms with Crippen LogP contribution in [0.3, 0.4) is 0 Å². The molecular weight excluding hydrogens is 246 g/mol. The van der Waals surface area contributed by atoms with Crippen LogP contribution in [0.1, 0.15) is 43.9 Å². The Hall–Kier alpha value is -1.37. The van der Waals surface area contributed by atoms with Gasteiger partial charge < -0.3 is 5.73 Å². The maximum atomic E-state index is 8.93. The second-order valence-electron chi connectivity index (χ2n) is 6.33. The van der Waals surface area contributed by atoms with Crippen LogP contribution in [-0.2, 0) is 6.54 Å². The molecule has 0 amide bonds. The lowest BCUT2D eigenvalue weighted by Crippen LogP contribution is -2.38. The molecule has 0 radical (unpaired) electrons. The summed E-state index contributed by atoms with van der Waals surface area (Å²) in [7, 11) is 0. The van der Waals surface area contributed by atoms with Crippen molar-refractivity contribution in [1.82, 2.24) is 4.90 Å². The maximum Gasteiger partial charge on any atom is 0.0991 e. The Bertz CT molecular complexity index is 472. The molecule has 3 nitrogen and oxygen atoms in total. The van der Waals surface area contributed by atoms with Crippen molar-refractivity contribution in [2.75, 3.05) is 19.6 Å². The molecule has 0 atom stereocenters. The quantitative estimate of drug-likeness (QED) is 0.830. The topological polar surface area (TPSA) is 53.0 Å². The van der Waals surface area contributed by atoms with E-state index in [-0.39, 0.29) is 5.41 Å². The predicted octanol–water partition coefficient (Wildman–Crippen LogP) is 3.06. The molecule has 3 heteroatoms. The summed E-state index contributed by atoms with van der Waals surface area (Å²) in [6.07, 6.45) is 1.13. The summed E-state index contributed by atoms with van der Waals surface area (Å²) < 4.78 is 0. The number of aryl methyl sites for hydroxylation is 1. The normalized spacial score (nSPS) is 11.7. The number of hydrogen-bond acceptors (Lipinski definition) is 3. The van der Waals surface area contributed by atoms with Crippen molar-refractivity contribution in [2.24, 2.45) is 11.1 Å². The van der Waals surface area contributed by atoms with E-state index in [1.54, 1.807) is 0 Å². The third kappa shape index (κ3) is 4.96. The lowest BCUT2D eigenvalue weighted by atomic mass is 9.92. The number of rotatable bonds is 7. The van der Waals surface area contributed by atoms with Gasteiger partial charge in [-0.3, -0.25) is 4.90 Å². The van der Waals surface area contributed by atoms with Crippen molar-refractivity contribution in [2.45, 2.75) is 40.7 Å². The fourth-order valence-electron chi connectivity index (χ4n) is 2.38. The summed E-state index contributed by atoms with van der Waals surface area (Å²) >= 11 is 0. The molecule has 0 saturated heterocycles. The summed E-state index contributed by atoms with van der Waals surface area (Å²) in [6.45, 7) is 12.4. The Morgan fingerprint density at radius 1 is 1.35 bits per heavy atom. The van der Waals surface area contributed by atoms with Crippen LogP contribution in [0.15, 0.2) is 18.2 Å². The van der Waals surface area contributed by atoms with Gasteiger partial charge >= 0.3 is 0 Å². The van der Waals surface area contributed by atoms with E-state index in [0.29, 0.717) is 6.54 Å². The van der Waals surface area contributed by atoms with Gasteiger partial charge in [-0.1, -0.05) is 26.8 Å². The van der Waals surface area contributed by atoms with Gasteiger partial charge in [-0.25, -0.2) is 0 Å². The minimum absolute atomic E-state index is 0.135. The summed E-state index contributed by atoms with van der Waals surface area (Å²) in [6, 6.07) is 8.14. The van der Waals surface area contributed by atoms with E-state index >= 15 is 0 Å². The third-order valence-corrected chi connectivity index (χ3v) is 3.61. The Kier molecular flexibility index (Phi) is 6.19. The van der Waals surface area contributed by atoms with E-state index in [2.05, 4.69) is 44.7 Å². The SMILES string of the molecule is CCCN(Cc1ccc(C#N)cc1C)CC(C)(C)CN. The monoisotopic (exact) mass is 273 g/mol. The van der Waals surface area contributed by atoms with Crippen molar-refractivity contribution in [3.63, 3.8) is 0 Å². The second-order valence-corrected chi connectivity index (χ2v) is 6.33. The standard InChI is InChI=1S/C17H27N3/c1-5-8-20(13-17(3,4)12-19)11-16-7-6-15(10-18)9-14(16)2/h6-7,9H,5,8,11-13,19H2,1-4H3. The Morgan fingerprint density at radius 3 is 2.55 bits per heavy atom. The van der Waals surface area contributed by atoms with Gasteiger partial charge in [0.25, 0.3) is 0 Å². The molecule has 1 rings (SSSR count). The molecule has 0 bridgehead atoms. The molecule has 110 valence electrons. The molecular formula is C17H27N3. The molecule has 0 unspecified atom stereocenters. The van der Waals surface area contributed by atoms with Gasteiger partial charge in [0.1, 0.15) is 0 Å². The molecule has 0 heterocycles. The molecule has 0 fully saturated rings. The Balaban J connectivity index is 2.83. The number of hydrogen-bond donors (Lipinski definition) is 1. The smallest absolute Gasteiger partial charge is 0.0991 e. The van der Waals surface area contributed by atoms with Crippen molar-refractivity contribution in [1.29, 1.82) is 5.26 Å². The number of benzene rings is 1. The molecule has 0 saturated carbocycles. The lowest BCUT2D eigenvalue weighted by Gasteiger charge is -2.32. The van der Waals surface area contributed by atoms with Crippen LogP contribution in [0.4, 0.5) is 0 Å². The van der Waals surface area contributed by atoms with Crippen LogP contribution < -0.4 is 5.73 Å². The van der Waals surface area contributed by atoms with E-state index in [1.807, 2.05) is 12.1 Å². The number of nitriles is 1. The van der Waals surface area contributed by atoms with Gasteiger partial charge in [-0.05, 0) is 55.1 Å². The van der Waals surface area contributed by atoms with E-state index < -0.39 is 0 Å². The minimum atomic E-state index is 0.135. The highest BCUT2D eigenvalue weighted by Gasteiger charge is 2.20. The highest BCUT2D eigenvalue weighted by Crippen LogP contribution is 2.19. The van der Waals surface area contributed by atoms with Crippen LogP contribution >= 0.6 is 0 Å². The van der Waals surface area contributed by atoms with Crippen LogP contribution in [0.5, 0.6) is 0 Å². The average molecular weight is 273 g/mol. The van der Waals surface area contributed by atoms with Gasteiger partial charge in [0, 0.05) is 13.1 Å². The molecule has 0 spiro atoms. The Morgan fingerprint density at radius 2 is 2.05 bits per heavy atom. The molecule has 0 aliphatic rings. The zero-order chi connectivity index (χ0) is 15.2. The van der Waals surface area contributed by atoms with E-state index in [0.717, 1.165) is 31.6 Å². The first-order valence-corrected chi connectivity index (χ1v) is 7.34. The molecule has 1 aromatic carbocycles. The van der Waals surface area contributed by atoms with Crippen molar-refractivity contribution >= 4 is 0 Å². The van der Waals surface area contributed by atoms with Gasteiger partial charge in [0.15, 0.2) is 0 Å². The van der Waals surface area contributed by atoms with Crippen LogP contribution in [-0.4, -0.2) is 24.5 Å². The van der Waals surface area contributed by atoms with Crippen molar-refractivity contribution in [3.05, 3.63) is 34.9 Å². The molecule has 2 N–H and O–H groups in total. The van der Waals surface area contributed by atoms with E-state index in [9.17, 15) is 0 Å². The lowest BCUT2D eigenvalue weighted by molar-refractivity contribution is 0.175. The van der Waals surface area contributed by atoms with Gasteiger partial charge in [0.2, 0.25) is 0 Å². The highest BCUT2D eigenvalue weighted by molar-refractivity contribution is 5.37. The summed E-state index contributed by atoms with van der Waals surface area (Å²) in [5.41, 5.74) is 9.20. The fraction of sp³-hybridized carbons (Fsp3) is 0.588. The third-order valence-electron chi connectivity index (χ3n) is 3.61. The first kappa shape index (κ1) is 16.7. The zero-order valence-electron chi connectivity index (χ0n) is 13.2. The first-order chi connectivity index (χ1) is 9.41. The van der Waals surface area contributed by atoms with Gasteiger partial charge in [-0.2, -0.15) is 5.26 Å². The number of nitrogens with zero attached hydrogens (tertiary/aromatic N) is 2. The molecule has 0 aromatic heterocycles. The molecule has 0 aliphatic heterocycles. The minimum Gasteiger partial charge on any atom is -0.330 e. The van der Waals surface area contributed by atoms with E-state index in [4.69, 9.17) is 11.0 Å². The first-order valence-electron chi connectivity index (χ1n) is 7.34. The summed E-state index contributed by atoms with van der Waals surface area (Å²) in [5.74, 6) is 0. The molecule has 1 aromatic rings. The maximum absolute atomic E-state index is 8.93. The largest absolute Gasteiger partial charge is 0.330 e. The van der Waals surface area contributed by atoms with Crippen molar-refractivity contribution < 1.29 is 0 Å². The molecule has 20 heavy (non-hydrogen) atoms. The highest BCUT2D eigenvalue weighted by atomic mass is 15.1. The summed E-state index contributed by atoms with van der Waals surface area (Å²) in [4.78, 5) is 2.46. The predicted molar refractivity (Wildman–Crippen MR) is 84.3 cm³/mol. The van der Waals surface area contributed by atoms with Gasteiger partial charge in [0.05, 0.1) is 11.6 Å². The summed E-state index contributed by atoms with van der Waals surface area (Å²) in [5, 5.41) is 8.93. The zero-order valence-corrected chi connectivity index (χ0v) is 13.2. The average Bonchev–Trinajstić information content (AvgIpc) is 2.41. The van der Waals surface area contributed by atoms with Crippen LogP contribution in [0, 0.1) is 23.7 Å². The second kappa shape index (κ2) is 7.42. The fourth-order valence-corrected chi connectivity index (χ4v) is 2.38. The van der Waals surface area contributed by atoms with Crippen LogP contribution in [0.25, 0.3) is 0 Å². The van der Waals surface area contributed by atoms with Crippen molar-refractivity contribution in [3.8, 4) is 6.07 Å². The van der Waals surface area contributed by atoms with E-state index in [1.165, 1.54) is 11.1 Å². The number of nitrogens with two attached hydrogens (primary N) is 1. The Labute approximate surface area is 123 Å². The molecule has 0 aliphatic carbocycles. The van der Waals surface area contributed by atoms with Gasteiger partial charge in [-0.15, -0.1) is 0 Å². The van der Waals surface area contributed by atoms with Crippen LogP contribution in [0.2, 0.25) is 0 Å².